The van der Waals surface area contributed by atoms with Crippen molar-refractivity contribution in [2.75, 3.05) is 0 Å². The first-order chi connectivity index (χ1) is 20.5. The molecule has 4 heterocycles. The maximum absolute atomic E-state index is 10.4. The minimum Gasteiger partial charge on any atom is -0.418 e. The van der Waals surface area contributed by atoms with Gasteiger partial charge in [0.2, 0.25) is 5.91 Å². The zero-order chi connectivity index (χ0) is 34.6. The quantitative estimate of drug-likeness (QED) is 0.206. The van der Waals surface area contributed by atoms with Crippen LogP contribution in [0.5, 0.6) is 0 Å². The molecule has 0 aliphatic carbocycles. The van der Waals surface area contributed by atoms with Gasteiger partial charge in [0.25, 0.3) is 0 Å². The van der Waals surface area contributed by atoms with E-state index in [4.69, 9.17) is 21.5 Å². The Labute approximate surface area is 263 Å². The van der Waals surface area contributed by atoms with Crippen molar-refractivity contribution in [1.29, 1.82) is 15.8 Å². The fourth-order valence-electron chi connectivity index (χ4n) is 1.99. The Hall–Kier alpha value is -5.25. The van der Waals surface area contributed by atoms with Gasteiger partial charge in [0.05, 0.1) is 18.2 Å². The SMILES string of the molecule is CC#N.CC#N.CC#N.F[B-](F)(F)F.F[B-](F)(F)F.NC(=O)c1ccncc1.[Cu+2].c1cc(-n2cccn2)nc(-n2cccn2)c1. The van der Waals surface area contributed by atoms with Gasteiger partial charge in [-0.05, 0) is 36.4 Å². The van der Waals surface area contributed by atoms with E-state index in [-0.39, 0.29) is 17.1 Å². The maximum atomic E-state index is 10.4. The summed E-state index contributed by atoms with van der Waals surface area (Å²) in [5.74, 6) is 1.13. The van der Waals surface area contributed by atoms with Gasteiger partial charge in [0.1, 0.15) is 0 Å². The number of carbonyl (C=O) groups excluding carboxylic acids is 1. The molecule has 0 atom stereocenters. The molecule has 0 spiro atoms. The molecule has 0 bridgehead atoms. The van der Waals surface area contributed by atoms with Crippen LogP contribution in [-0.4, -0.2) is 49.9 Å². The summed E-state index contributed by atoms with van der Waals surface area (Å²) in [7, 11) is -12.0. The molecule has 45 heavy (non-hydrogen) atoms. The van der Waals surface area contributed by atoms with Crippen molar-refractivity contribution in [3.8, 4) is 29.8 Å². The summed E-state index contributed by atoms with van der Waals surface area (Å²) in [6.45, 7) is 4.29. The average molecular weight is 694 g/mol. The van der Waals surface area contributed by atoms with Crippen LogP contribution in [0.15, 0.2) is 79.6 Å². The number of carbonyl (C=O) groups is 1. The molecule has 0 saturated heterocycles. The van der Waals surface area contributed by atoms with Crippen LogP contribution >= 0.6 is 0 Å². The monoisotopic (exact) mass is 693 g/mol. The molecule has 1 amide bonds. The normalized spacial score (nSPS) is 8.71. The van der Waals surface area contributed by atoms with E-state index >= 15 is 0 Å². The molecule has 11 nitrogen and oxygen atoms in total. The summed E-state index contributed by atoms with van der Waals surface area (Å²) in [6, 6.07) is 17.9. The van der Waals surface area contributed by atoms with Crippen LogP contribution in [0, 0.1) is 34.0 Å². The number of aromatic nitrogens is 6. The van der Waals surface area contributed by atoms with Gasteiger partial charge in [-0.2, -0.15) is 26.0 Å². The van der Waals surface area contributed by atoms with Crippen LogP contribution in [0.25, 0.3) is 11.6 Å². The summed E-state index contributed by atoms with van der Waals surface area (Å²) < 4.78 is 81.4. The van der Waals surface area contributed by atoms with Crippen molar-refractivity contribution in [2.45, 2.75) is 20.8 Å². The molecule has 2 N–H and O–H groups in total. The molecule has 0 saturated carbocycles. The van der Waals surface area contributed by atoms with Crippen LogP contribution < -0.4 is 5.73 Å². The molecule has 22 heteroatoms. The number of hydrogen-bond donors (Lipinski definition) is 1. The average Bonchev–Trinajstić information content (AvgIpc) is 3.65. The first-order valence-electron chi connectivity index (χ1n) is 11.3. The minimum absolute atomic E-state index is 0. The first kappa shape index (κ1) is 46.7. The van der Waals surface area contributed by atoms with Gasteiger partial charge in [-0.15, -0.1) is 0 Å². The van der Waals surface area contributed by atoms with E-state index in [0.29, 0.717) is 5.56 Å². The Morgan fingerprint density at radius 3 is 1.22 bits per heavy atom. The zero-order valence-electron chi connectivity index (χ0n) is 23.5. The molecule has 0 aromatic carbocycles. The van der Waals surface area contributed by atoms with Gasteiger partial charge in [0.15, 0.2) is 11.6 Å². The van der Waals surface area contributed by atoms with E-state index in [0.717, 1.165) is 11.6 Å². The van der Waals surface area contributed by atoms with E-state index in [1.807, 2.05) is 42.7 Å². The Balaban J connectivity index is -0.000000249. The van der Waals surface area contributed by atoms with Crippen LogP contribution in [-0.2, 0) is 17.1 Å². The summed E-state index contributed by atoms with van der Waals surface area (Å²) in [5, 5.41) is 30.2. The van der Waals surface area contributed by atoms with Gasteiger partial charge in [-0.25, -0.2) is 14.3 Å². The topological polar surface area (TPSA) is 176 Å². The van der Waals surface area contributed by atoms with Gasteiger partial charge < -0.3 is 40.3 Å². The minimum atomic E-state index is -6.00. The number of hydrogen-bond acceptors (Lipinski definition) is 8. The summed E-state index contributed by atoms with van der Waals surface area (Å²) in [4.78, 5) is 18.6. The standard InChI is InChI=1S/C11H9N5.C6H6N2O.3C2H3N.2BF4.Cu/c1-4-10(15-8-2-6-12-15)14-11(5-1)16-9-3-7-13-16;7-6(9)5-1-3-8-4-2-5;3*1-2-3;2*2-1(3,4)5;/h1-9H;1-4H,(H2,7,9);3*1H3;;;/q;;;;;2*-1;+2. The van der Waals surface area contributed by atoms with Crippen molar-refractivity contribution in [3.63, 3.8) is 0 Å². The third-order valence-electron chi connectivity index (χ3n) is 3.16. The van der Waals surface area contributed by atoms with Crippen LogP contribution in [0.2, 0.25) is 0 Å². The summed E-state index contributed by atoms with van der Waals surface area (Å²) in [6.07, 6.45) is 10.2. The summed E-state index contributed by atoms with van der Waals surface area (Å²) >= 11 is 0. The van der Waals surface area contributed by atoms with Gasteiger partial charge >= 0.3 is 31.6 Å². The largest absolute Gasteiger partial charge is 2.00 e. The molecule has 0 unspecified atom stereocenters. The molecule has 1 radical (unpaired) electrons. The molecule has 4 aromatic rings. The number of nitriles is 3. The predicted octanol–water partition coefficient (Wildman–Crippen LogP) is 5.82. The van der Waals surface area contributed by atoms with E-state index in [9.17, 15) is 39.3 Å². The van der Waals surface area contributed by atoms with Crippen LogP contribution in [0.4, 0.5) is 34.5 Å². The van der Waals surface area contributed by atoms with Gasteiger partial charge in [0, 0.05) is 63.5 Å². The molecule has 0 aliphatic rings. The molecular weight excluding hydrogens is 669 g/mol. The van der Waals surface area contributed by atoms with E-state index in [1.165, 1.54) is 33.2 Å². The second-order valence-electron chi connectivity index (χ2n) is 6.52. The Morgan fingerprint density at radius 1 is 0.689 bits per heavy atom. The van der Waals surface area contributed by atoms with Crippen molar-refractivity contribution in [3.05, 3.63) is 85.2 Å². The third kappa shape index (κ3) is 34.9. The number of pyridine rings is 2. The first-order valence-corrected chi connectivity index (χ1v) is 11.3. The number of amides is 1. The van der Waals surface area contributed by atoms with E-state index in [2.05, 4.69) is 20.2 Å². The summed E-state index contributed by atoms with van der Waals surface area (Å²) in [5.41, 5.74) is 5.44. The predicted molar refractivity (Wildman–Crippen MR) is 145 cm³/mol. The fraction of sp³-hybridized carbons (Fsp3) is 0.130. The number of rotatable bonds is 3. The second kappa shape index (κ2) is 27.6. The smallest absolute Gasteiger partial charge is 0.418 e. The number of halogens is 8. The van der Waals surface area contributed by atoms with Crippen molar-refractivity contribution in [1.82, 2.24) is 29.5 Å². The number of nitrogens with two attached hydrogens (primary N) is 1. The van der Waals surface area contributed by atoms with E-state index in [1.54, 1.807) is 52.1 Å². The van der Waals surface area contributed by atoms with Gasteiger partial charge in [-0.1, -0.05) is 6.07 Å². The second-order valence-corrected chi connectivity index (χ2v) is 6.52. The van der Waals surface area contributed by atoms with Crippen LogP contribution in [0.1, 0.15) is 31.1 Å². The van der Waals surface area contributed by atoms with Crippen molar-refractivity contribution in [2.24, 2.45) is 5.73 Å². The maximum Gasteiger partial charge on any atom is 2.00 e. The molecular formula is C23H24B2CuF8N10O. The van der Waals surface area contributed by atoms with Gasteiger partial charge in [-0.3, -0.25) is 9.78 Å². The Bertz CT molecular complexity index is 1310. The third-order valence-corrected chi connectivity index (χ3v) is 3.16. The molecule has 4 rings (SSSR count). The van der Waals surface area contributed by atoms with Crippen LogP contribution in [0.3, 0.4) is 0 Å². The fourth-order valence-corrected chi connectivity index (χ4v) is 1.99. The number of nitrogens with zero attached hydrogens (tertiary/aromatic N) is 9. The van der Waals surface area contributed by atoms with Crippen molar-refractivity contribution < 1.29 is 56.4 Å². The molecule has 4 aromatic heterocycles. The molecule has 0 fully saturated rings. The molecule has 0 aliphatic heterocycles. The zero-order valence-corrected chi connectivity index (χ0v) is 24.4. The van der Waals surface area contributed by atoms with E-state index < -0.39 is 20.4 Å². The molecule has 245 valence electrons. The number of primary amides is 1. The Morgan fingerprint density at radius 2 is 1.00 bits per heavy atom. The Kier molecular flexibility index (Phi) is 28.6. The van der Waals surface area contributed by atoms with Crippen molar-refractivity contribution >= 4 is 20.4 Å².